The Kier molecular flexibility index (Phi) is 4.07. The number of carboxylic acids is 1. The molecule has 7 nitrogen and oxygen atoms in total. The molecule has 0 aliphatic carbocycles. The molecule has 136 valence electrons. The molecule has 0 spiro atoms. The van der Waals surface area contributed by atoms with Gasteiger partial charge in [-0.15, -0.1) is 11.3 Å². The lowest BCUT2D eigenvalue weighted by atomic mass is 9.94. The van der Waals surface area contributed by atoms with Gasteiger partial charge in [0, 0.05) is 21.9 Å². The number of amides is 2. The van der Waals surface area contributed by atoms with Crippen LogP contribution in [0.15, 0.2) is 23.4 Å². The molecule has 1 fully saturated rings. The summed E-state index contributed by atoms with van der Waals surface area (Å²) >= 11 is 1.62. The predicted octanol–water partition coefficient (Wildman–Crippen LogP) is 2.23. The van der Waals surface area contributed by atoms with Crippen molar-refractivity contribution in [2.75, 3.05) is 13.2 Å². The molecule has 3 aliphatic heterocycles. The monoisotopic (exact) mass is 374 g/mol. The zero-order valence-corrected chi connectivity index (χ0v) is 15.0. The third-order valence-electron chi connectivity index (χ3n) is 4.86. The highest BCUT2D eigenvalue weighted by Crippen LogP contribution is 2.40. The molecule has 4 heterocycles. The molecular formula is C18H18N2O5S. The summed E-state index contributed by atoms with van der Waals surface area (Å²) in [6.45, 7) is 3.29. The standard InChI is InChI=1S/C18H18N2O5S/c1-2-25-18(24)19-6-5-15-10(9-19)7-11(26-15)8-12-13-3-4-14(17(22)23)20(13)16(12)21/h4,7-8,13H,2-3,5-6,9H2,1H3,(H,22,23)/t13-/m0/s1. The highest BCUT2D eigenvalue weighted by Gasteiger charge is 2.48. The Balaban J connectivity index is 1.50. The second-order valence-corrected chi connectivity index (χ2v) is 7.56. The number of carbonyl (C=O) groups is 3. The van der Waals surface area contributed by atoms with E-state index in [0.717, 1.165) is 16.9 Å². The number of carbonyl (C=O) groups excluding carboxylic acids is 2. The number of thiophene rings is 1. The topological polar surface area (TPSA) is 87.2 Å². The largest absolute Gasteiger partial charge is 0.477 e. The lowest BCUT2D eigenvalue weighted by molar-refractivity contribution is -0.142. The van der Waals surface area contributed by atoms with Crippen LogP contribution in [0.5, 0.6) is 0 Å². The fourth-order valence-corrected chi connectivity index (χ4v) is 4.75. The van der Waals surface area contributed by atoms with Gasteiger partial charge in [-0.2, -0.15) is 0 Å². The van der Waals surface area contributed by atoms with E-state index in [1.54, 1.807) is 29.2 Å². The van der Waals surface area contributed by atoms with E-state index in [-0.39, 0.29) is 23.7 Å². The van der Waals surface area contributed by atoms with E-state index in [2.05, 4.69) is 0 Å². The maximum atomic E-state index is 12.3. The molecule has 8 heteroatoms. The van der Waals surface area contributed by atoms with E-state index in [0.29, 0.717) is 31.7 Å². The number of carboxylic acid groups (broad SMARTS) is 1. The molecule has 0 saturated carbocycles. The van der Waals surface area contributed by atoms with E-state index < -0.39 is 5.97 Å². The minimum Gasteiger partial charge on any atom is -0.477 e. The summed E-state index contributed by atoms with van der Waals surface area (Å²) in [6, 6.07) is 1.85. The number of nitrogens with zero attached hydrogens (tertiary/aromatic N) is 2. The Morgan fingerprint density at radius 1 is 1.46 bits per heavy atom. The maximum Gasteiger partial charge on any atom is 0.410 e. The molecule has 0 aromatic carbocycles. The molecular weight excluding hydrogens is 356 g/mol. The summed E-state index contributed by atoms with van der Waals surface area (Å²) < 4.78 is 5.06. The van der Waals surface area contributed by atoms with Crippen molar-refractivity contribution in [1.29, 1.82) is 0 Å². The fourth-order valence-electron chi connectivity index (χ4n) is 3.63. The average Bonchev–Trinajstić information content (AvgIpc) is 3.20. The Morgan fingerprint density at radius 2 is 2.27 bits per heavy atom. The lowest BCUT2D eigenvalue weighted by Gasteiger charge is -2.38. The first kappa shape index (κ1) is 16.8. The van der Waals surface area contributed by atoms with Crippen LogP contribution in [0.25, 0.3) is 6.08 Å². The van der Waals surface area contributed by atoms with Crippen molar-refractivity contribution in [3.63, 3.8) is 0 Å². The second kappa shape index (κ2) is 6.28. The Hall–Kier alpha value is -2.61. The third kappa shape index (κ3) is 2.61. The molecule has 1 saturated heterocycles. The van der Waals surface area contributed by atoms with Gasteiger partial charge in [0.1, 0.15) is 5.70 Å². The van der Waals surface area contributed by atoms with Crippen molar-refractivity contribution in [1.82, 2.24) is 9.80 Å². The van der Waals surface area contributed by atoms with E-state index in [1.165, 1.54) is 9.78 Å². The normalized spacial score (nSPS) is 22.7. The van der Waals surface area contributed by atoms with Crippen LogP contribution in [0, 0.1) is 0 Å². The van der Waals surface area contributed by atoms with Crippen LogP contribution in [0.3, 0.4) is 0 Å². The fraction of sp³-hybridized carbons (Fsp3) is 0.389. The van der Waals surface area contributed by atoms with Crippen molar-refractivity contribution in [3.05, 3.63) is 38.7 Å². The smallest absolute Gasteiger partial charge is 0.410 e. The van der Waals surface area contributed by atoms with E-state index in [4.69, 9.17) is 9.84 Å². The summed E-state index contributed by atoms with van der Waals surface area (Å²) in [4.78, 5) is 40.6. The first-order valence-electron chi connectivity index (χ1n) is 8.51. The molecule has 0 bridgehead atoms. The van der Waals surface area contributed by atoms with Gasteiger partial charge in [-0.1, -0.05) is 6.08 Å². The van der Waals surface area contributed by atoms with Gasteiger partial charge >= 0.3 is 12.1 Å². The lowest BCUT2D eigenvalue weighted by Crippen LogP contribution is -2.52. The highest BCUT2D eigenvalue weighted by atomic mass is 32.1. The molecule has 1 N–H and O–H groups in total. The Morgan fingerprint density at radius 3 is 3.00 bits per heavy atom. The van der Waals surface area contributed by atoms with Crippen LogP contribution in [0.1, 0.15) is 28.7 Å². The quantitative estimate of drug-likeness (QED) is 0.648. The summed E-state index contributed by atoms with van der Waals surface area (Å²) in [5.74, 6) is -1.30. The van der Waals surface area contributed by atoms with Gasteiger partial charge in [0.05, 0.1) is 19.2 Å². The van der Waals surface area contributed by atoms with E-state index >= 15 is 0 Å². The van der Waals surface area contributed by atoms with Crippen molar-refractivity contribution in [3.8, 4) is 0 Å². The van der Waals surface area contributed by atoms with Crippen LogP contribution in [0.4, 0.5) is 4.79 Å². The minimum atomic E-state index is -1.06. The number of hydrogen-bond donors (Lipinski definition) is 1. The molecule has 26 heavy (non-hydrogen) atoms. The third-order valence-corrected chi connectivity index (χ3v) is 6.04. The number of aliphatic carboxylic acids is 1. The number of rotatable bonds is 3. The van der Waals surface area contributed by atoms with Gasteiger partial charge in [0.15, 0.2) is 0 Å². The molecule has 0 radical (unpaired) electrons. The van der Waals surface area contributed by atoms with Crippen molar-refractivity contribution in [2.45, 2.75) is 32.4 Å². The summed E-state index contributed by atoms with van der Waals surface area (Å²) in [7, 11) is 0. The van der Waals surface area contributed by atoms with Crippen LogP contribution < -0.4 is 0 Å². The summed E-state index contributed by atoms with van der Waals surface area (Å²) in [5, 5.41) is 9.13. The first-order valence-corrected chi connectivity index (χ1v) is 9.33. The van der Waals surface area contributed by atoms with Crippen molar-refractivity contribution < 1.29 is 24.2 Å². The van der Waals surface area contributed by atoms with Crippen LogP contribution in [-0.4, -0.2) is 52.1 Å². The number of β-lactam (4-membered cyclic amide) rings is 1. The number of fused-ring (bicyclic) bond motifs is 2. The van der Waals surface area contributed by atoms with Crippen LogP contribution in [0.2, 0.25) is 0 Å². The average molecular weight is 374 g/mol. The number of hydrogen-bond acceptors (Lipinski definition) is 5. The van der Waals surface area contributed by atoms with Gasteiger partial charge in [-0.25, -0.2) is 9.59 Å². The number of ether oxygens (including phenoxy) is 1. The summed E-state index contributed by atoms with van der Waals surface area (Å²) in [6.07, 6.45) is 4.48. The highest BCUT2D eigenvalue weighted by molar-refractivity contribution is 7.13. The van der Waals surface area contributed by atoms with Crippen molar-refractivity contribution >= 4 is 35.4 Å². The minimum absolute atomic E-state index is 0.0766. The van der Waals surface area contributed by atoms with Crippen LogP contribution >= 0.6 is 11.3 Å². The van der Waals surface area contributed by atoms with Gasteiger partial charge in [0.2, 0.25) is 0 Å². The molecule has 1 aromatic heterocycles. The summed E-state index contributed by atoms with van der Waals surface area (Å²) in [5.41, 5.74) is 1.81. The molecule has 0 unspecified atom stereocenters. The molecule has 1 aromatic rings. The predicted molar refractivity (Wildman–Crippen MR) is 94.4 cm³/mol. The molecule has 3 aliphatic rings. The van der Waals surface area contributed by atoms with Gasteiger partial charge in [0.25, 0.3) is 5.91 Å². The Bertz CT molecular complexity index is 869. The zero-order valence-electron chi connectivity index (χ0n) is 14.2. The van der Waals surface area contributed by atoms with Gasteiger partial charge < -0.3 is 14.7 Å². The maximum absolute atomic E-state index is 12.3. The van der Waals surface area contributed by atoms with Gasteiger partial charge in [-0.05, 0) is 37.5 Å². The van der Waals surface area contributed by atoms with Crippen LogP contribution in [-0.2, 0) is 27.3 Å². The SMILES string of the molecule is CCOC(=O)N1CCc2sc(C=C3C(=O)N4C(C(=O)O)=CC[C@@H]34)cc2C1. The van der Waals surface area contributed by atoms with E-state index in [9.17, 15) is 14.4 Å². The van der Waals surface area contributed by atoms with Crippen molar-refractivity contribution in [2.24, 2.45) is 0 Å². The second-order valence-electron chi connectivity index (χ2n) is 6.39. The molecule has 2 amide bonds. The van der Waals surface area contributed by atoms with E-state index in [1.807, 2.05) is 12.1 Å². The van der Waals surface area contributed by atoms with Gasteiger partial charge in [-0.3, -0.25) is 9.69 Å². The molecule has 4 rings (SSSR count). The molecule has 1 atom stereocenters. The Labute approximate surface area is 154 Å². The zero-order chi connectivity index (χ0) is 18.4. The first-order chi connectivity index (χ1) is 12.5.